The zero-order chi connectivity index (χ0) is 13.0. The van der Waals surface area contributed by atoms with Crippen LogP contribution in [0, 0.1) is 24.2 Å². The number of amides is 2. The van der Waals surface area contributed by atoms with E-state index in [-0.39, 0.29) is 11.9 Å². The van der Waals surface area contributed by atoms with Crippen LogP contribution in [0.1, 0.15) is 13.8 Å². The van der Waals surface area contributed by atoms with Gasteiger partial charge < -0.3 is 14.9 Å². The zero-order valence-electron chi connectivity index (χ0n) is 10.2. The van der Waals surface area contributed by atoms with Crippen LogP contribution in [0.2, 0.25) is 0 Å². The van der Waals surface area contributed by atoms with E-state index in [1.54, 1.807) is 16.7 Å². The first-order valence-electron chi connectivity index (χ1n) is 5.71. The molecule has 2 amide bonds. The summed E-state index contributed by atoms with van der Waals surface area (Å²) < 4.78 is 0. The second-order valence-corrected chi connectivity index (χ2v) is 4.29. The molecule has 1 fully saturated rings. The molecule has 0 aromatic carbocycles. The molecule has 0 aromatic heterocycles. The predicted molar refractivity (Wildman–Crippen MR) is 63.3 cm³/mol. The maximum absolute atomic E-state index is 11.9. The number of carboxylic acid groups (broad SMARTS) is 1. The Morgan fingerprint density at radius 1 is 1.59 bits per heavy atom. The zero-order valence-corrected chi connectivity index (χ0v) is 10.2. The van der Waals surface area contributed by atoms with Gasteiger partial charge in [-0.25, -0.2) is 4.79 Å². The van der Waals surface area contributed by atoms with Gasteiger partial charge in [0.15, 0.2) is 0 Å². The van der Waals surface area contributed by atoms with Crippen LogP contribution < -0.4 is 0 Å². The average Bonchev–Trinajstić information content (AvgIpc) is 2.23. The minimum atomic E-state index is -0.807. The molecule has 1 saturated heterocycles. The van der Waals surface area contributed by atoms with Crippen molar-refractivity contribution < 1.29 is 14.7 Å². The van der Waals surface area contributed by atoms with Crippen LogP contribution in [0.4, 0.5) is 4.79 Å². The highest BCUT2D eigenvalue weighted by Crippen LogP contribution is 2.24. The van der Waals surface area contributed by atoms with Gasteiger partial charge >= 0.3 is 12.0 Å². The number of hydrogen-bond donors (Lipinski definition) is 1. The van der Waals surface area contributed by atoms with Crippen LogP contribution in [-0.4, -0.2) is 53.1 Å². The van der Waals surface area contributed by atoms with Crippen LogP contribution in [0.25, 0.3) is 0 Å². The lowest BCUT2D eigenvalue weighted by Gasteiger charge is -2.43. The Balaban J connectivity index is 2.44. The number of carbonyl (C=O) groups is 2. The molecule has 1 rings (SSSR count). The van der Waals surface area contributed by atoms with E-state index < -0.39 is 11.9 Å². The van der Waals surface area contributed by atoms with E-state index in [0.717, 1.165) is 0 Å². The molecule has 5 nitrogen and oxygen atoms in total. The summed E-state index contributed by atoms with van der Waals surface area (Å²) in [6.45, 7) is 5.42. The second kappa shape index (κ2) is 5.58. The number of urea groups is 1. The Hall–Kier alpha value is -1.70. The van der Waals surface area contributed by atoms with E-state index in [9.17, 15) is 9.59 Å². The van der Waals surface area contributed by atoms with Gasteiger partial charge in [0.25, 0.3) is 0 Å². The number of nitrogens with zero attached hydrogens (tertiary/aromatic N) is 2. The molecule has 5 heteroatoms. The molecule has 0 radical (unpaired) electrons. The maximum Gasteiger partial charge on any atom is 0.320 e. The molecule has 1 atom stereocenters. The van der Waals surface area contributed by atoms with Crippen molar-refractivity contribution in [3.8, 4) is 12.3 Å². The molecule has 1 unspecified atom stereocenters. The van der Waals surface area contributed by atoms with E-state index in [1.807, 2.05) is 6.92 Å². The van der Waals surface area contributed by atoms with Crippen molar-refractivity contribution in [1.82, 2.24) is 9.80 Å². The Kier molecular flexibility index (Phi) is 4.38. The normalized spacial score (nSPS) is 16.9. The molecule has 0 saturated carbocycles. The third-order valence-corrected chi connectivity index (χ3v) is 3.21. The summed E-state index contributed by atoms with van der Waals surface area (Å²) in [7, 11) is 0. The fourth-order valence-electron chi connectivity index (χ4n) is 1.81. The smallest absolute Gasteiger partial charge is 0.320 e. The standard InChI is InChI=1S/C12H18N2O3/c1-4-6-13(5-2)12(17)14-7-10(8-14)9(3)11(15)16/h1,9-10H,5-8H2,2-3H3,(H,15,16). The van der Waals surface area contributed by atoms with Crippen molar-refractivity contribution in [3.05, 3.63) is 0 Å². The topological polar surface area (TPSA) is 60.9 Å². The quantitative estimate of drug-likeness (QED) is 0.734. The molecular weight excluding hydrogens is 220 g/mol. The van der Waals surface area contributed by atoms with E-state index >= 15 is 0 Å². The summed E-state index contributed by atoms with van der Waals surface area (Å²) >= 11 is 0. The molecule has 1 N–H and O–H groups in total. The summed E-state index contributed by atoms with van der Waals surface area (Å²) in [4.78, 5) is 25.9. The van der Waals surface area contributed by atoms with Gasteiger partial charge in [-0.15, -0.1) is 6.42 Å². The maximum atomic E-state index is 11.9. The van der Waals surface area contributed by atoms with Crippen molar-refractivity contribution in [3.63, 3.8) is 0 Å². The molecule has 1 aliphatic rings. The van der Waals surface area contributed by atoms with Gasteiger partial charge in [-0.2, -0.15) is 0 Å². The van der Waals surface area contributed by atoms with Gasteiger partial charge in [0, 0.05) is 25.6 Å². The number of aliphatic carboxylic acids is 1. The van der Waals surface area contributed by atoms with E-state index in [1.165, 1.54) is 0 Å². The number of carboxylic acids is 1. The highest BCUT2D eigenvalue weighted by molar-refractivity contribution is 5.76. The Morgan fingerprint density at radius 3 is 2.59 bits per heavy atom. The first kappa shape index (κ1) is 13.4. The highest BCUT2D eigenvalue weighted by atomic mass is 16.4. The molecule has 1 heterocycles. The fourth-order valence-corrected chi connectivity index (χ4v) is 1.81. The lowest BCUT2D eigenvalue weighted by Crippen LogP contribution is -2.57. The van der Waals surface area contributed by atoms with Crippen LogP contribution in [0.3, 0.4) is 0 Å². The summed E-state index contributed by atoms with van der Waals surface area (Å²) in [6.07, 6.45) is 5.18. The average molecular weight is 238 g/mol. The third-order valence-electron chi connectivity index (χ3n) is 3.21. The number of hydrogen-bond acceptors (Lipinski definition) is 2. The lowest BCUT2D eigenvalue weighted by molar-refractivity contribution is -0.144. The van der Waals surface area contributed by atoms with Gasteiger partial charge in [-0.1, -0.05) is 12.8 Å². The second-order valence-electron chi connectivity index (χ2n) is 4.29. The van der Waals surface area contributed by atoms with E-state index in [2.05, 4.69) is 5.92 Å². The van der Waals surface area contributed by atoms with E-state index in [4.69, 9.17) is 11.5 Å². The number of terminal acetylenes is 1. The fraction of sp³-hybridized carbons (Fsp3) is 0.667. The Morgan fingerprint density at radius 2 is 2.18 bits per heavy atom. The number of rotatable bonds is 4. The molecular formula is C12H18N2O3. The van der Waals surface area contributed by atoms with Gasteiger partial charge in [0.05, 0.1) is 12.5 Å². The molecule has 0 aliphatic carbocycles. The predicted octanol–water partition coefficient (Wildman–Crippen LogP) is 0.714. The minimum Gasteiger partial charge on any atom is -0.481 e. The largest absolute Gasteiger partial charge is 0.481 e. The Labute approximate surface area is 101 Å². The van der Waals surface area contributed by atoms with Crippen molar-refractivity contribution in [2.75, 3.05) is 26.2 Å². The molecule has 0 spiro atoms. The monoisotopic (exact) mass is 238 g/mol. The number of carbonyl (C=O) groups excluding carboxylic acids is 1. The van der Waals surface area contributed by atoms with Crippen molar-refractivity contribution in [1.29, 1.82) is 0 Å². The lowest BCUT2D eigenvalue weighted by atomic mass is 9.87. The van der Waals surface area contributed by atoms with Crippen LogP contribution in [0.15, 0.2) is 0 Å². The molecule has 94 valence electrons. The van der Waals surface area contributed by atoms with Crippen LogP contribution >= 0.6 is 0 Å². The summed E-state index contributed by atoms with van der Waals surface area (Å²) in [5, 5.41) is 8.84. The molecule has 1 aliphatic heterocycles. The van der Waals surface area contributed by atoms with Gasteiger partial charge in [0.1, 0.15) is 0 Å². The summed E-state index contributed by atoms with van der Waals surface area (Å²) in [5.41, 5.74) is 0. The SMILES string of the molecule is C#CCN(CC)C(=O)N1CC(C(C)C(=O)O)C1. The molecule has 0 aromatic rings. The molecule has 0 bridgehead atoms. The summed E-state index contributed by atoms with van der Waals surface area (Å²) in [6, 6.07) is -0.0979. The highest BCUT2D eigenvalue weighted by Gasteiger charge is 2.38. The van der Waals surface area contributed by atoms with Gasteiger partial charge in [-0.05, 0) is 6.92 Å². The first-order valence-corrected chi connectivity index (χ1v) is 5.71. The van der Waals surface area contributed by atoms with Crippen molar-refractivity contribution in [2.24, 2.45) is 11.8 Å². The van der Waals surface area contributed by atoms with Crippen molar-refractivity contribution >= 4 is 12.0 Å². The third kappa shape index (κ3) is 2.90. The van der Waals surface area contributed by atoms with Crippen LogP contribution in [0.5, 0.6) is 0 Å². The van der Waals surface area contributed by atoms with Crippen molar-refractivity contribution in [2.45, 2.75) is 13.8 Å². The summed E-state index contributed by atoms with van der Waals surface area (Å²) in [5.74, 6) is 1.29. The first-order chi connectivity index (χ1) is 8.01. The molecule has 17 heavy (non-hydrogen) atoms. The van der Waals surface area contributed by atoms with Gasteiger partial charge in [0.2, 0.25) is 0 Å². The van der Waals surface area contributed by atoms with Crippen LogP contribution in [-0.2, 0) is 4.79 Å². The number of likely N-dealkylation sites (tertiary alicyclic amines) is 1. The van der Waals surface area contributed by atoms with E-state index in [0.29, 0.717) is 26.2 Å². The van der Waals surface area contributed by atoms with Gasteiger partial charge in [-0.3, -0.25) is 4.79 Å². The Bertz CT molecular complexity index is 342. The minimum absolute atomic E-state index is 0.0565.